The van der Waals surface area contributed by atoms with Crippen molar-refractivity contribution < 1.29 is 0 Å². The van der Waals surface area contributed by atoms with E-state index in [0.717, 1.165) is 13.0 Å². The molecular formula is C14H25N3O2. The van der Waals surface area contributed by atoms with Crippen molar-refractivity contribution >= 4 is 0 Å². The fourth-order valence-electron chi connectivity index (χ4n) is 2.02. The van der Waals surface area contributed by atoms with Crippen LogP contribution in [0.15, 0.2) is 15.8 Å². The van der Waals surface area contributed by atoms with Gasteiger partial charge < -0.3 is 5.32 Å². The molecule has 1 aromatic rings. The molecular weight excluding hydrogens is 242 g/mol. The minimum absolute atomic E-state index is 0.304. The van der Waals surface area contributed by atoms with Crippen molar-refractivity contribution in [2.75, 3.05) is 6.54 Å². The average Bonchev–Trinajstić information content (AvgIpc) is 2.36. The molecule has 2 N–H and O–H groups in total. The summed E-state index contributed by atoms with van der Waals surface area (Å²) in [4.78, 5) is 25.1. The number of hydrogen-bond donors (Lipinski definition) is 2. The first kappa shape index (κ1) is 15.7. The number of aromatic amines is 1. The molecule has 5 nitrogen and oxygen atoms in total. The van der Waals surface area contributed by atoms with Crippen LogP contribution in [0, 0.1) is 6.92 Å². The van der Waals surface area contributed by atoms with Gasteiger partial charge in [0.05, 0.1) is 0 Å². The molecule has 0 aromatic carbocycles. The van der Waals surface area contributed by atoms with E-state index in [1.807, 2.05) is 0 Å². The molecule has 1 aromatic heterocycles. The Kier molecular flexibility index (Phi) is 6.56. The molecule has 0 saturated carbocycles. The molecule has 19 heavy (non-hydrogen) atoms. The monoisotopic (exact) mass is 267 g/mol. The summed E-state index contributed by atoms with van der Waals surface area (Å²) in [5, 5.41) is 3.40. The number of aryl methyl sites for hydroxylation is 1. The molecule has 0 amide bonds. The maximum absolute atomic E-state index is 11.6. The molecule has 1 atom stereocenters. The minimum Gasteiger partial charge on any atom is -0.312 e. The molecule has 1 heterocycles. The lowest BCUT2D eigenvalue weighted by atomic mass is 10.1. The smallest absolute Gasteiger partial charge is 0.312 e. The zero-order chi connectivity index (χ0) is 14.3. The highest BCUT2D eigenvalue weighted by Gasteiger charge is 2.03. The van der Waals surface area contributed by atoms with Crippen LogP contribution in [0.3, 0.4) is 0 Å². The lowest BCUT2D eigenvalue weighted by Crippen LogP contribution is -2.35. The standard InChI is InChI=1S/C14H25N3O2/c1-4-5-6-7-12(3)15-8-9-17-10-11(2)13(18)16-14(17)19/h10,12,15H,4-9H2,1-3H3,(H,16,18,19). The van der Waals surface area contributed by atoms with E-state index in [1.165, 1.54) is 19.3 Å². The fraction of sp³-hybridized carbons (Fsp3) is 0.714. The van der Waals surface area contributed by atoms with E-state index in [-0.39, 0.29) is 11.2 Å². The molecule has 0 aliphatic rings. The van der Waals surface area contributed by atoms with Crippen LogP contribution < -0.4 is 16.6 Å². The molecule has 5 heteroatoms. The quantitative estimate of drug-likeness (QED) is 0.700. The first-order chi connectivity index (χ1) is 9.04. The fourth-order valence-corrected chi connectivity index (χ4v) is 2.02. The van der Waals surface area contributed by atoms with Crippen LogP contribution >= 0.6 is 0 Å². The van der Waals surface area contributed by atoms with Gasteiger partial charge in [0.2, 0.25) is 0 Å². The van der Waals surface area contributed by atoms with E-state index < -0.39 is 0 Å². The minimum atomic E-state index is -0.337. The van der Waals surface area contributed by atoms with Crippen molar-refractivity contribution in [2.24, 2.45) is 0 Å². The van der Waals surface area contributed by atoms with E-state index in [0.29, 0.717) is 18.2 Å². The van der Waals surface area contributed by atoms with Gasteiger partial charge in [-0.3, -0.25) is 14.3 Å². The number of nitrogens with zero attached hydrogens (tertiary/aromatic N) is 1. The highest BCUT2D eigenvalue weighted by molar-refractivity contribution is 5.00. The van der Waals surface area contributed by atoms with Crippen LogP contribution in [0.5, 0.6) is 0 Å². The first-order valence-electron chi connectivity index (χ1n) is 7.08. The predicted octanol–water partition coefficient (Wildman–Crippen LogP) is 1.40. The average molecular weight is 267 g/mol. The van der Waals surface area contributed by atoms with Gasteiger partial charge in [0, 0.05) is 30.9 Å². The molecule has 0 fully saturated rings. The zero-order valence-electron chi connectivity index (χ0n) is 12.2. The lowest BCUT2D eigenvalue weighted by Gasteiger charge is -2.14. The van der Waals surface area contributed by atoms with Crippen LogP contribution in [0.2, 0.25) is 0 Å². The molecule has 0 bridgehead atoms. The predicted molar refractivity (Wildman–Crippen MR) is 77.7 cm³/mol. The Morgan fingerprint density at radius 3 is 2.79 bits per heavy atom. The van der Waals surface area contributed by atoms with Gasteiger partial charge in [0.15, 0.2) is 0 Å². The SMILES string of the molecule is CCCCCC(C)NCCn1cc(C)c(=O)[nH]c1=O. The Balaban J connectivity index is 2.39. The van der Waals surface area contributed by atoms with Crippen LogP contribution in [0.25, 0.3) is 0 Å². The molecule has 0 saturated heterocycles. The van der Waals surface area contributed by atoms with E-state index in [2.05, 4.69) is 24.1 Å². The number of rotatable bonds is 8. The number of unbranched alkanes of at least 4 members (excludes halogenated alkanes) is 2. The first-order valence-corrected chi connectivity index (χ1v) is 7.08. The summed E-state index contributed by atoms with van der Waals surface area (Å²) < 4.78 is 1.54. The van der Waals surface area contributed by atoms with Gasteiger partial charge in [-0.15, -0.1) is 0 Å². The van der Waals surface area contributed by atoms with Gasteiger partial charge in [-0.05, 0) is 20.3 Å². The van der Waals surface area contributed by atoms with Crippen LogP contribution in [-0.4, -0.2) is 22.1 Å². The second-order valence-electron chi connectivity index (χ2n) is 5.12. The summed E-state index contributed by atoms with van der Waals surface area (Å²) in [7, 11) is 0. The summed E-state index contributed by atoms with van der Waals surface area (Å²) in [6.45, 7) is 7.38. The van der Waals surface area contributed by atoms with Gasteiger partial charge >= 0.3 is 5.69 Å². The van der Waals surface area contributed by atoms with E-state index >= 15 is 0 Å². The van der Waals surface area contributed by atoms with Gasteiger partial charge in [-0.25, -0.2) is 4.79 Å². The Hall–Kier alpha value is -1.36. The maximum atomic E-state index is 11.6. The summed E-state index contributed by atoms with van der Waals surface area (Å²) in [6.07, 6.45) is 6.52. The normalized spacial score (nSPS) is 12.6. The molecule has 0 aliphatic heterocycles. The third kappa shape index (κ3) is 5.42. The summed E-state index contributed by atoms with van der Waals surface area (Å²) >= 11 is 0. The van der Waals surface area contributed by atoms with Gasteiger partial charge in [0.25, 0.3) is 5.56 Å². The topological polar surface area (TPSA) is 66.9 Å². The van der Waals surface area contributed by atoms with Crippen molar-refractivity contribution in [3.05, 3.63) is 32.6 Å². The Labute approximate surface area is 114 Å². The van der Waals surface area contributed by atoms with Crippen LogP contribution in [0.1, 0.15) is 45.1 Å². The third-order valence-corrected chi connectivity index (χ3v) is 3.28. The van der Waals surface area contributed by atoms with Crippen molar-refractivity contribution in [2.45, 2.75) is 59.0 Å². The van der Waals surface area contributed by atoms with Gasteiger partial charge in [-0.2, -0.15) is 0 Å². The lowest BCUT2D eigenvalue weighted by molar-refractivity contribution is 0.465. The summed E-state index contributed by atoms with van der Waals surface area (Å²) in [5.74, 6) is 0. The van der Waals surface area contributed by atoms with Gasteiger partial charge in [0.1, 0.15) is 0 Å². The number of H-pyrrole nitrogens is 1. The van der Waals surface area contributed by atoms with Crippen molar-refractivity contribution in [3.63, 3.8) is 0 Å². The Morgan fingerprint density at radius 1 is 1.37 bits per heavy atom. The Morgan fingerprint density at radius 2 is 2.11 bits per heavy atom. The molecule has 108 valence electrons. The van der Waals surface area contributed by atoms with Crippen LogP contribution in [0.4, 0.5) is 0 Å². The highest BCUT2D eigenvalue weighted by atomic mass is 16.2. The summed E-state index contributed by atoms with van der Waals surface area (Å²) in [5.41, 5.74) is -0.0752. The second kappa shape index (κ2) is 7.94. The van der Waals surface area contributed by atoms with Crippen molar-refractivity contribution in [3.8, 4) is 0 Å². The largest absolute Gasteiger partial charge is 0.328 e. The molecule has 0 radical (unpaired) electrons. The molecule has 1 unspecified atom stereocenters. The molecule has 0 aliphatic carbocycles. The van der Waals surface area contributed by atoms with E-state index in [1.54, 1.807) is 17.7 Å². The zero-order valence-corrected chi connectivity index (χ0v) is 12.2. The van der Waals surface area contributed by atoms with E-state index in [9.17, 15) is 9.59 Å². The summed E-state index contributed by atoms with van der Waals surface area (Å²) in [6, 6.07) is 0.464. The van der Waals surface area contributed by atoms with Gasteiger partial charge in [-0.1, -0.05) is 26.2 Å². The van der Waals surface area contributed by atoms with Crippen molar-refractivity contribution in [1.29, 1.82) is 0 Å². The third-order valence-electron chi connectivity index (χ3n) is 3.28. The second-order valence-corrected chi connectivity index (χ2v) is 5.12. The number of nitrogens with one attached hydrogen (secondary N) is 2. The van der Waals surface area contributed by atoms with Crippen LogP contribution in [-0.2, 0) is 6.54 Å². The van der Waals surface area contributed by atoms with Crippen molar-refractivity contribution in [1.82, 2.24) is 14.9 Å². The Bertz CT molecular complexity index is 490. The maximum Gasteiger partial charge on any atom is 0.328 e. The highest BCUT2D eigenvalue weighted by Crippen LogP contribution is 2.02. The van der Waals surface area contributed by atoms with E-state index in [4.69, 9.17) is 0 Å². The number of aromatic nitrogens is 2. The number of hydrogen-bond acceptors (Lipinski definition) is 3. The molecule has 1 rings (SSSR count). The molecule has 0 spiro atoms.